The van der Waals surface area contributed by atoms with Crippen LogP contribution in [0.5, 0.6) is 0 Å². The van der Waals surface area contributed by atoms with Gasteiger partial charge in [0, 0.05) is 30.1 Å². The van der Waals surface area contributed by atoms with Gasteiger partial charge in [0.1, 0.15) is 0 Å². The van der Waals surface area contributed by atoms with E-state index in [-0.39, 0.29) is 11.9 Å². The van der Waals surface area contributed by atoms with E-state index in [1.165, 1.54) is 39.2 Å². The molecule has 5 heteroatoms. The number of fused-ring (bicyclic) bond motifs is 1. The van der Waals surface area contributed by atoms with E-state index in [0.717, 1.165) is 48.7 Å². The van der Waals surface area contributed by atoms with Gasteiger partial charge in [-0.2, -0.15) is 0 Å². The fourth-order valence-corrected chi connectivity index (χ4v) is 3.47. The predicted molar refractivity (Wildman–Crippen MR) is 113 cm³/mol. The largest absolute Gasteiger partial charge is 0.469 e. The number of para-hydroxylation sites is 1. The molecule has 1 aromatic heterocycles. The summed E-state index contributed by atoms with van der Waals surface area (Å²) in [4.78, 5) is 26.3. The molecule has 1 amide bonds. The van der Waals surface area contributed by atoms with Crippen LogP contribution in [0.4, 0.5) is 0 Å². The second kappa shape index (κ2) is 13.0. The van der Waals surface area contributed by atoms with Gasteiger partial charge in [0.25, 0.3) is 0 Å². The summed E-state index contributed by atoms with van der Waals surface area (Å²) in [6.45, 7) is 0.759. The highest BCUT2D eigenvalue weighted by Crippen LogP contribution is 2.18. The number of esters is 1. The van der Waals surface area contributed by atoms with Crippen LogP contribution in [0.15, 0.2) is 30.5 Å². The maximum atomic E-state index is 12.1. The molecule has 2 rings (SSSR count). The number of rotatable bonds is 14. The molecular weight excluding hydrogens is 352 g/mol. The van der Waals surface area contributed by atoms with Crippen molar-refractivity contribution in [1.29, 1.82) is 0 Å². The number of hydrogen-bond donors (Lipinski definition) is 2. The number of amides is 1. The molecule has 2 N–H and O–H groups in total. The number of ether oxygens (including phenoxy) is 1. The van der Waals surface area contributed by atoms with Crippen molar-refractivity contribution < 1.29 is 14.3 Å². The summed E-state index contributed by atoms with van der Waals surface area (Å²) in [7, 11) is 1.44. The molecule has 1 heterocycles. The fraction of sp³-hybridized carbons (Fsp3) is 0.565. The molecule has 2 aromatic rings. The number of carbonyl (C=O) groups is 2. The van der Waals surface area contributed by atoms with Gasteiger partial charge in [0.05, 0.1) is 13.5 Å². The molecule has 1 aromatic carbocycles. The molecule has 0 fully saturated rings. The van der Waals surface area contributed by atoms with Crippen molar-refractivity contribution in [1.82, 2.24) is 10.3 Å². The molecule has 0 spiro atoms. The number of aromatic amines is 1. The summed E-state index contributed by atoms with van der Waals surface area (Å²) in [6.07, 6.45) is 13.3. The molecule has 0 aliphatic carbocycles. The quantitative estimate of drug-likeness (QED) is 0.358. The van der Waals surface area contributed by atoms with Crippen LogP contribution in [0.25, 0.3) is 10.9 Å². The highest BCUT2D eigenvalue weighted by molar-refractivity contribution is 5.88. The number of H-pyrrole nitrogens is 1. The molecule has 0 bridgehead atoms. The van der Waals surface area contributed by atoms with Crippen LogP contribution < -0.4 is 5.32 Å². The summed E-state index contributed by atoms with van der Waals surface area (Å²) in [5.74, 6) is -0.00903. The summed E-state index contributed by atoms with van der Waals surface area (Å²) in [6, 6.07) is 8.07. The van der Waals surface area contributed by atoms with Gasteiger partial charge in [0.2, 0.25) is 5.91 Å². The molecular formula is C23H34N2O3. The monoisotopic (exact) mass is 386 g/mol. The molecule has 0 radical (unpaired) electrons. The Bertz CT molecular complexity index is 723. The number of nitrogens with one attached hydrogen (secondary N) is 2. The van der Waals surface area contributed by atoms with Crippen molar-refractivity contribution >= 4 is 22.8 Å². The van der Waals surface area contributed by atoms with Crippen molar-refractivity contribution in [2.45, 2.75) is 70.6 Å². The molecule has 0 aliphatic heterocycles. The number of benzene rings is 1. The van der Waals surface area contributed by atoms with Gasteiger partial charge in [-0.25, -0.2) is 0 Å². The molecule has 0 saturated heterocycles. The van der Waals surface area contributed by atoms with Crippen LogP contribution in [0.2, 0.25) is 0 Å². The Balaban J connectivity index is 1.42. The first-order valence-corrected chi connectivity index (χ1v) is 10.6. The van der Waals surface area contributed by atoms with Crippen molar-refractivity contribution in [2.24, 2.45) is 0 Å². The molecule has 154 valence electrons. The number of methoxy groups -OCH3 is 1. The van der Waals surface area contributed by atoms with E-state index < -0.39 is 0 Å². The van der Waals surface area contributed by atoms with E-state index in [1.807, 2.05) is 30.5 Å². The third-order valence-electron chi connectivity index (χ3n) is 5.13. The van der Waals surface area contributed by atoms with E-state index in [1.54, 1.807) is 0 Å². The number of hydrogen-bond acceptors (Lipinski definition) is 3. The average molecular weight is 387 g/mol. The zero-order valence-electron chi connectivity index (χ0n) is 17.1. The van der Waals surface area contributed by atoms with Crippen molar-refractivity contribution in [3.05, 3.63) is 36.0 Å². The number of carbonyl (C=O) groups excluding carboxylic acids is 2. The number of aromatic nitrogens is 1. The van der Waals surface area contributed by atoms with Crippen LogP contribution >= 0.6 is 0 Å². The average Bonchev–Trinajstić information content (AvgIpc) is 3.11. The minimum atomic E-state index is -0.103. The summed E-state index contributed by atoms with van der Waals surface area (Å²) >= 11 is 0. The van der Waals surface area contributed by atoms with Crippen LogP contribution in [0.1, 0.15) is 69.8 Å². The first-order valence-electron chi connectivity index (χ1n) is 10.6. The molecule has 5 nitrogen and oxygen atoms in total. The molecule has 0 atom stereocenters. The van der Waals surface area contributed by atoms with Gasteiger partial charge in [-0.3, -0.25) is 9.59 Å². The number of unbranched alkanes of at least 4 members (excludes halogenated alkanes) is 8. The van der Waals surface area contributed by atoms with E-state index in [9.17, 15) is 9.59 Å². The van der Waals surface area contributed by atoms with Crippen LogP contribution in [0, 0.1) is 0 Å². The lowest BCUT2D eigenvalue weighted by atomic mass is 10.1. The third-order valence-corrected chi connectivity index (χ3v) is 5.13. The zero-order chi connectivity index (χ0) is 20.0. The second-order valence-corrected chi connectivity index (χ2v) is 7.39. The Morgan fingerprint density at radius 3 is 2.29 bits per heavy atom. The Morgan fingerprint density at radius 2 is 1.57 bits per heavy atom. The Hall–Kier alpha value is -2.30. The summed E-state index contributed by atoms with van der Waals surface area (Å²) < 4.78 is 4.63. The van der Waals surface area contributed by atoms with Gasteiger partial charge in [-0.1, -0.05) is 63.1 Å². The van der Waals surface area contributed by atoms with E-state index >= 15 is 0 Å². The highest BCUT2D eigenvalue weighted by Gasteiger charge is 2.07. The SMILES string of the molecule is COC(=O)CCCCCCCCCCCNC(=O)Cc1c[nH]c2ccccc12. The van der Waals surface area contributed by atoms with Crippen molar-refractivity contribution in [3.8, 4) is 0 Å². The van der Waals surface area contributed by atoms with E-state index in [0.29, 0.717) is 12.8 Å². The first-order chi connectivity index (χ1) is 13.7. The Labute approximate surface area is 168 Å². The standard InChI is InChI=1S/C23H34N2O3/c1-28-23(27)15-9-7-5-3-2-4-6-8-12-16-24-22(26)17-19-18-25-21-14-11-10-13-20(19)21/h10-11,13-14,18,25H,2-9,12,15-17H2,1H3,(H,24,26). The summed E-state index contributed by atoms with van der Waals surface area (Å²) in [5, 5.41) is 4.16. The maximum absolute atomic E-state index is 12.1. The molecule has 0 saturated carbocycles. The lowest BCUT2D eigenvalue weighted by Gasteiger charge is -2.05. The smallest absolute Gasteiger partial charge is 0.305 e. The lowest BCUT2D eigenvalue weighted by Crippen LogP contribution is -2.25. The normalized spacial score (nSPS) is 10.9. The van der Waals surface area contributed by atoms with Crippen molar-refractivity contribution in [2.75, 3.05) is 13.7 Å². The Kier molecular flexibility index (Phi) is 10.2. The van der Waals surface area contributed by atoms with Gasteiger partial charge < -0.3 is 15.0 Å². The second-order valence-electron chi connectivity index (χ2n) is 7.39. The van der Waals surface area contributed by atoms with Gasteiger partial charge in [-0.15, -0.1) is 0 Å². The van der Waals surface area contributed by atoms with Crippen LogP contribution in [-0.2, 0) is 20.7 Å². The molecule has 28 heavy (non-hydrogen) atoms. The van der Waals surface area contributed by atoms with Crippen molar-refractivity contribution in [3.63, 3.8) is 0 Å². The minimum absolute atomic E-state index is 0.0942. The minimum Gasteiger partial charge on any atom is -0.469 e. The Morgan fingerprint density at radius 1 is 0.929 bits per heavy atom. The lowest BCUT2D eigenvalue weighted by molar-refractivity contribution is -0.140. The van der Waals surface area contributed by atoms with E-state index in [2.05, 4.69) is 15.0 Å². The fourth-order valence-electron chi connectivity index (χ4n) is 3.47. The third kappa shape index (κ3) is 8.15. The highest BCUT2D eigenvalue weighted by atomic mass is 16.5. The van der Waals surface area contributed by atoms with E-state index in [4.69, 9.17) is 0 Å². The van der Waals surface area contributed by atoms with Crippen LogP contribution in [-0.4, -0.2) is 30.5 Å². The first kappa shape index (κ1) is 22.0. The zero-order valence-corrected chi connectivity index (χ0v) is 17.1. The maximum Gasteiger partial charge on any atom is 0.305 e. The van der Waals surface area contributed by atoms with Gasteiger partial charge in [0.15, 0.2) is 0 Å². The summed E-state index contributed by atoms with van der Waals surface area (Å²) in [5.41, 5.74) is 2.13. The molecule has 0 unspecified atom stereocenters. The predicted octanol–water partition coefficient (Wildman–Crippen LogP) is 4.90. The molecule has 0 aliphatic rings. The van der Waals surface area contributed by atoms with Gasteiger partial charge in [-0.05, 0) is 24.5 Å². The topological polar surface area (TPSA) is 71.2 Å². The van der Waals surface area contributed by atoms with Crippen LogP contribution in [0.3, 0.4) is 0 Å². The van der Waals surface area contributed by atoms with Gasteiger partial charge >= 0.3 is 5.97 Å².